The smallest absolute Gasteiger partial charge is 0.103 e. The molecule has 0 aliphatic heterocycles. The van der Waals surface area contributed by atoms with Crippen molar-refractivity contribution in [2.24, 2.45) is 0 Å². The fourth-order valence-corrected chi connectivity index (χ4v) is 1.97. The van der Waals surface area contributed by atoms with Crippen LogP contribution in [-0.2, 0) is 6.42 Å². The van der Waals surface area contributed by atoms with Crippen LogP contribution >= 0.6 is 15.9 Å². The predicted molar refractivity (Wildman–Crippen MR) is 74.9 cm³/mol. The summed E-state index contributed by atoms with van der Waals surface area (Å²) in [5.74, 6) is 0. The van der Waals surface area contributed by atoms with Crippen LogP contribution < -0.4 is 0 Å². The molecule has 0 aromatic heterocycles. The zero-order chi connectivity index (χ0) is 13.1. The predicted octanol–water partition coefficient (Wildman–Crippen LogP) is 3.53. The molecule has 2 nitrogen and oxygen atoms in total. The number of benzene rings is 1. The van der Waals surface area contributed by atoms with Gasteiger partial charge in [-0.2, -0.15) is 5.26 Å². The maximum atomic E-state index is 9.06. The van der Waals surface area contributed by atoms with Crippen LogP contribution in [0.5, 0.6) is 0 Å². The number of rotatable bonds is 4. The van der Waals surface area contributed by atoms with Crippen LogP contribution in [0.4, 0.5) is 0 Å². The van der Waals surface area contributed by atoms with Gasteiger partial charge in [0.15, 0.2) is 0 Å². The van der Waals surface area contributed by atoms with Crippen molar-refractivity contribution in [2.45, 2.75) is 32.7 Å². The Kier molecular flexibility index (Phi) is 4.73. The summed E-state index contributed by atoms with van der Waals surface area (Å²) in [6, 6.07) is 8.65. The molecule has 0 amide bonds. The summed E-state index contributed by atoms with van der Waals surface area (Å²) >= 11 is 3.49. The molecule has 0 unspecified atom stereocenters. The molecule has 0 radical (unpaired) electrons. The van der Waals surface area contributed by atoms with Crippen LogP contribution in [0.25, 0.3) is 0 Å². The zero-order valence-electron chi connectivity index (χ0n) is 10.9. The topological polar surface area (TPSA) is 27.0 Å². The minimum atomic E-state index is -0.403. The monoisotopic (exact) mass is 294 g/mol. The molecule has 0 saturated carbocycles. The van der Waals surface area contributed by atoms with E-state index in [0.717, 1.165) is 17.4 Å². The molecule has 3 heteroatoms. The van der Waals surface area contributed by atoms with Crippen molar-refractivity contribution < 1.29 is 0 Å². The van der Waals surface area contributed by atoms with E-state index in [2.05, 4.69) is 52.0 Å². The SMILES string of the molecule is Cc1ccc(Br)cc1CCN(C)C(C)(C)C#N. The zero-order valence-corrected chi connectivity index (χ0v) is 12.5. The van der Waals surface area contributed by atoms with Gasteiger partial charge in [-0.15, -0.1) is 0 Å². The summed E-state index contributed by atoms with van der Waals surface area (Å²) in [4.78, 5) is 2.09. The highest BCUT2D eigenvalue weighted by Crippen LogP contribution is 2.18. The van der Waals surface area contributed by atoms with Gasteiger partial charge in [0.25, 0.3) is 0 Å². The van der Waals surface area contributed by atoms with Gasteiger partial charge in [0.05, 0.1) is 6.07 Å². The van der Waals surface area contributed by atoms with E-state index in [4.69, 9.17) is 5.26 Å². The highest BCUT2D eigenvalue weighted by atomic mass is 79.9. The summed E-state index contributed by atoms with van der Waals surface area (Å²) < 4.78 is 1.11. The van der Waals surface area contributed by atoms with E-state index >= 15 is 0 Å². The van der Waals surface area contributed by atoms with E-state index in [9.17, 15) is 0 Å². The molecule has 0 saturated heterocycles. The highest BCUT2D eigenvalue weighted by Gasteiger charge is 2.22. The van der Waals surface area contributed by atoms with Gasteiger partial charge in [-0.1, -0.05) is 22.0 Å². The average Bonchev–Trinajstić information content (AvgIpc) is 2.29. The number of hydrogen-bond donors (Lipinski definition) is 0. The van der Waals surface area contributed by atoms with Crippen molar-refractivity contribution in [2.75, 3.05) is 13.6 Å². The summed E-state index contributed by atoms with van der Waals surface area (Å²) in [6.07, 6.45) is 0.965. The summed E-state index contributed by atoms with van der Waals surface area (Å²) in [6.45, 7) is 6.90. The third-order valence-corrected chi connectivity index (χ3v) is 3.75. The normalized spacial score (nSPS) is 11.6. The Hall–Kier alpha value is -0.850. The lowest BCUT2D eigenvalue weighted by Gasteiger charge is -2.29. The first-order valence-electron chi connectivity index (χ1n) is 5.74. The van der Waals surface area contributed by atoms with Gasteiger partial charge >= 0.3 is 0 Å². The fourth-order valence-electron chi connectivity index (χ4n) is 1.56. The molecule has 1 aromatic rings. The summed E-state index contributed by atoms with van der Waals surface area (Å²) in [7, 11) is 2.00. The molecule has 0 spiro atoms. The van der Waals surface area contributed by atoms with Gasteiger partial charge in [-0.25, -0.2) is 0 Å². The van der Waals surface area contributed by atoms with E-state index in [0.29, 0.717) is 0 Å². The van der Waals surface area contributed by atoms with E-state index in [-0.39, 0.29) is 0 Å². The van der Waals surface area contributed by atoms with Crippen LogP contribution in [0.3, 0.4) is 0 Å². The second-order valence-electron chi connectivity index (χ2n) is 4.91. The van der Waals surface area contributed by atoms with Crippen LogP contribution in [0, 0.1) is 18.3 Å². The minimum absolute atomic E-state index is 0.403. The first-order valence-corrected chi connectivity index (χ1v) is 6.53. The number of nitriles is 1. The standard InChI is InChI=1S/C14H19BrN2/c1-11-5-6-13(15)9-12(11)7-8-17(4)14(2,3)10-16/h5-6,9H,7-8H2,1-4H3. The largest absolute Gasteiger partial charge is 0.289 e. The number of nitrogens with zero attached hydrogens (tertiary/aromatic N) is 2. The molecular weight excluding hydrogens is 276 g/mol. The minimum Gasteiger partial charge on any atom is -0.289 e. The van der Waals surface area contributed by atoms with Gasteiger partial charge in [0, 0.05) is 11.0 Å². The van der Waals surface area contributed by atoms with Crippen LogP contribution in [0.1, 0.15) is 25.0 Å². The van der Waals surface area contributed by atoms with Crippen LogP contribution in [0.15, 0.2) is 22.7 Å². The molecule has 17 heavy (non-hydrogen) atoms. The Bertz CT molecular complexity index is 432. The third kappa shape index (κ3) is 3.83. The van der Waals surface area contributed by atoms with Gasteiger partial charge in [-0.3, -0.25) is 4.90 Å². The Morgan fingerprint density at radius 2 is 2.06 bits per heavy atom. The van der Waals surface area contributed by atoms with Crippen molar-refractivity contribution in [3.8, 4) is 6.07 Å². The number of hydrogen-bond acceptors (Lipinski definition) is 2. The molecule has 1 rings (SSSR count). The summed E-state index contributed by atoms with van der Waals surface area (Å²) in [5, 5.41) is 9.06. The second kappa shape index (κ2) is 5.66. The lowest BCUT2D eigenvalue weighted by molar-refractivity contribution is 0.214. The van der Waals surface area contributed by atoms with Gasteiger partial charge in [0.2, 0.25) is 0 Å². The van der Waals surface area contributed by atoms with Crippen molar-refractivity contribution in [3.63, 3.8) is 0 Å². The third-order valence-electron chi connectivity index (χ3n) is 3.26. The quantitative estimate of drug-likeness (QED) is 0.849. The number of likely N-dealkylation sites (N-methyl/N-ethyl adjacent to an activating group) is 1. The van der Waals surface area contributed by atoms with Crippen LogP contribution in [-0.4, -0.2) is 24.0 Å². The Balaban J connectivity index is 2.69. The molecule has 0 fully saturated rings. The molecule has 0 atom stereocenters. The van der Waals surface area contributed by atoms with E-state index < -0.39 is 5.54 Å². The van der Waals surface area contributed by atoms with Crippen molar-refractivity contribution in [1.82, 2.24) is 4.90 Å². The Morgan fingerprint density at radius 1 is 1.41 bits per heavy atom. The average molecular weight is 295 g/mol. The molecule has 0 aliphatic carbocycles. The lowest BCUT2D eigenvalue weighted by Crippen LogP contribution is -2.40. The highest BCUT2D eigenvalue weighted by molar-refractivity contribution is 9.10. The molecule has 0 N–H and O–H groups in total. The van der Waals surface area contributed by atoms with Crippen molar-refractivity contribution in [1.29, 1.82) is 5.26 Å². The molecule has 0 bridgehead atoms. The van der Waals surface area contributed by atoms with Crippen LogP contribution in [0.2, 0.25) is 0 Å². The first-order chi connectivity index (χ1) is 7.86. The maximum Gasteiger partial charge on any atom is 0.103 e. The Labute approximate surface area is 112 Å². The van der Waals surface area contributed by atoms with Crippen molar-refractivity contribution in [3.05, 3.63) is 33.8 Å². The molecule has 0 heterocycles. The first kappa shape index (κ1) is 14.2. The Morgan fingerprint density at radius 3 is 2.65 bits per heavy atom. The number of aryl methyl sites for hydroxylation is 1. The molecule has 92 valence electrons. The van der Waals surface area contributed by atoms with E-state index in [1.54, 1.807) is 0 Å². The fraction of sp³-hybridized carbons (Fsp3) is 0.500. The molecular formula is C14H19BrN2. The van der Waals surface area contributed by atoms with E-state index in [1.807, 2.05) is 20.9 Å². The van der Waals surface area contributed by atoms with E-state index in [1.165, 1.54) is 11.1 Å². The van der Waals surface area contributed by atoms with Gasteiger partial charge in [0.1, 0.15) is 5.54 Å². The van der Waals surface area contributed by atoms with Gasteiger partial charge < -0.3 is 0 Å². The lowest BCUT2D eigenvalue weighted by atomic mass is 10.0. The second-order valence-corrected chi connectivity index (χ2v) is 5.83. The maximum absolute atomic E-state index is 9.06. The number of halogens is 1. The van der Waals surface area contributed by atoms with Crippen molar-refractivity contribution >= 4 is 15.9 Å². The molecule has 0 aliphatic rings. The molecule has 1 aromatic carbocycles. The summed E-state index contributed by atoms with van der Waals surface area (Å²) in [5.41, 5.74) is 2.23. The van der Waals surface area contributed by atoms with Gasteiger partial charge in [-0.05, 0) is 57.5 Å².